The normalized spacial score (nSPS) is 12.6. The van der Waals surface area contributed by atoms with Gasteiger partial charge in [0.25, 0.3) is 0 Å². The van der Waals surface area contributed by atoms with Gasteiger partial charge in [-0.25, -0.2) is 0 Å². The number of aliphatic hydroxyl groups is 1. The molecule has 0 radical (unpaired) electrons. The third kappa shape index (κ3) is 2.96. The monoisotopic (exact) mass is 208 g/mol. The molecule has 2 nitrogen and oxygen atoms in total. The smallest absolute Gasteiger partial charge is 0.125 e. The first kappa shape index (κ1) is 12.1. The second-order valence-electron chi connectivity index (χ2n) is 4.25. The van der Waals surface area contributed by atoms with Crippen LogP contribution in [0, 0.1) is 26.7 Å². The third-order valence-electron chi connectivity index (χ3n) is 2.70. The summed E-state index contributed by atoms with van der Waals surface area (Å²) in [5.74, 6) is 1.15. The van der Waals surface area contributed by atoms with Crippen LogP contribution in [0.3, 0.4) is 0 Å². The first-order chi connectivity index (χ1) is 7.06. The molecule has 0 fully saturated rings. The summed E-state index contributed by atoms with van der Waals surface area (Å²) in [5, 5.41) is 8.93. The van der Waals surface area contributed by atoms with Gasteiger partial charge in [0.1, 0.15) is 5.75 Å². The van der Waals surface area contributed by atoms with Crippen molar-refractivity contribution in [3.05, 3.63) is 28.8 Å². The van der Waals surface area contributed by atoms with Gasteiger partial charge in [-0.1, -0.05) is 19.1 Å². The molecule has 1 unspecified atom stereocenters. The molecule has 0 bridgehead atoms. The molecule has 1 aromatic rings. The predicted octanol–water partition coefficient (Wildman–Crippen LogP) is 2.62. The fourth-order valence-electron chi connectivity index (χ4n) is 1.43. The van der Waals surface area contributed by atoms with Gasteiger partial charge in [0.05, 0.1) is 6.61 Å². The number of ether oxygens (including phenoxy) is 1. The minimum Gasteiger partial charge on any atom is -0.493 e. The first-order valence-electron chi connectivity index (χ1n) is 5.36. The summed E-state index contributed by atoms with van der Waals surface area (Å²) in [6.45, 7) is 8.91. The highest BCUT2D eigenvalue weighted by molar-refractivity contribution is 5.44. The molecule has 2 heteroatoms. The zero-order valence-corrected chi connectivity index (χ0v) is 10.0. The average Bonchev–Trinajstić information content (AvgIpc) is 2.23. The minimum absolute atomic E-state index is 0.171. The van der Waals surface area contributed by atoms with Crippen LogP contribution in [0.25, 0.3) is 0 Å². The molecule has 0 saturated heterocycles. The van der Waals surface area contributed by atoms with Crippen molar-refractivity contribution >= 4 is 0 Å². The van der Waals surface area contributed by atoms with E-state index in [-0.39, 0.29) is 12.5 Å². The molecule has 0 aliphatic rings. The second kappa shape index (κ2) is 5.17. The standard InChI is InChI=1S/C13H20O2/c1-9(7-14)8-15-13-11(3)6-5-10(2)12(13)4/h5-6,9,14H,7-8H2,1-4H3. The maximum atomic E-state index is 8.93. The molecule has 0 amide bonds. The number of aliphatic hydroxyl groups excluding tert-OH is 1. The molecule has 1 aromatic carbocycles. The molecule has 1 atom stereocenters. The summed E-state index contributed by atoms with van der Waals surface area (Å²) in [6.07, 6.45) is 0. The number of benzene rings is 1. The van der Waals surface area contributed by atoms with Crippen LogP contribution in [0.2, 0.25) is 0 Å². The maximum absolute atomic E-state index is 8.93. The van der Waals surface area contributed by atoms with Crippen LogP contribution >= 0.6 is 0 Å². The summed E-state index contributed by atoms with van der Waals surface area (Å²) >= 11 is 0. The van der Waals surface area contributed by atoms with Gasteiger partial charge in [-0.2, -0.15) is 0 Å². The van der Waals surface area contributed by atoms with Gasteiger partial charge in [-0.15, -0.1) is 0 Å². The quantitative estimate of drug-likeness (QED) is 0.824. The lowest BCUT2D eigenvalue weighted by molar-refractivity contribution is 0.173. The lowest BCUT2D eigenvalue weighted by atomic mass is 10.1. The Bertz CT molecular complexity index is 332. The molecule has 84 valence electrons. The lowest BCUT2D eigenvalue weighted by Gasteiger charge is -2.16. The summed E-state index contributed by atoms with van der Waals surface area (Å²) in [4.78, 5) is 0. The second-order valence-corrected chi connectivity index (χ2v) is 4.25. The molecular weight excluding hydrogens is 188 g/mol. The van der Waals surface area contributed by atoms with E-state index in [1.807, 2.05) is 13.8 Å². The summed E-state index contributed by atoms with van der Waals surface area (Å²) in [7, 11) is 0. The Morgan fingerprint density at radius 3 is 2.40 bits per heavy atom. The minimum atomic E-state index is 0.171. The van der Waals surface area contributed by atoms with E-state index < -0.39 is 0 Å². The number of rotatable bonds is 4. The Hall–Kier alpha value is -1.02. The highest BCUT2D eigenvalue weighted by Crippen LogP contribution is 2.25. The largest absolute Gasteiger partial charge is 0.493 e. The van der Waals surface area contributed by atoms with Crippen molar-refractivity contribution in [3.8, 4) is 5.75 Å². The highest BCUT2D eigenvalue weighted by Gasteiger charge is 2.08. The van der Waals surface area contributed by atoms with E-state index in [1.54, 1.807) is 0 Å². The van der Waals surface area contributed by atoms with Crippen molar-refractivity contribution in [3.63, 3.8) is 0 Å². The zero-order chi connectivity index (χ0) is 11.4. The summed E-state index contributed by atoms with van der Waals surface area (Å²) in [5.41, 5.74) is 3.59. The van der Waals surface area contributed by atoms with E-state index in [9.17, 15) is 0 Å². The van der Waals surface area contributed by atoms with Crippen LogP contribution in [0.15, 0.2) is 12.1 Å². The number of aryl methyl sites for hydroxylation is 2. The van der Waals surface area contributed by atoms with Gasteiger partial charge in [-0.05, 0) is 37.5 Å². The van der Waals surface area contributed by atoms with Crippen LogP contribution in [0.5, 0.6) is 5.75 Å². The van der Waals surface area contributed by atoms with Crippen molar-refractivity contribution in [1.29, 1.82) is 0 Å². The van der Waals surface area contributed by atoms with E-state index in [4.69, 9.17) is 9.84 Å². The average molecular weight is 208 g/mol. The van der Waals surface area contributed by atoms with Crippen molar-refractivity contribution in [2.45, 2.75) is 27.7 Å². The van der Waals surface area contributed by atoms with Gasteiger partial charge in [0, 0.05) is 12.5 Å². The van der Waals surface area contributed by atoms with Crippen LogP contribution in [-0.2, 0) is 0 Å². The van der Waals surface area contributed by atoms with Crippen LogP contribution < -0.4 is 4.74 Å². The van der Waals surface area contributed by atoms with Crippen molar-refractivity contribution in [2.75, 3.05) is 13.2 Å². The molecule has 15 heavy (non-hydrogen) atoms. The lowest BCUT2D eigenvalue weighted by Crippen LogP contribution is -2.13. The van der Waals surface area contributed by atoms with Crippen molar-refractivity contribution in [2.24, 2.45) is 5.92 Å². The van der Waals surface area contributed by atoms with Crippen molar-refractivity contribution < 1.29 is 9.84 Å². The molecular formula is C13H20O2. The first-order valence-corrected chi connectivity index (χ1v) is 5.36. The Morgan fingerprint density at radius 1 is 1.20 bits per heavy atom. The fraction of sp³-hybridized carbons (Fsp3) is 0.538. The molecule has 1 rings (SSSR count). The molecule has 0 spiro atoms. The van der Waals surface area contributed by atoms with E-state index in [0.717, 1.165) is 11.3 Å². The van der Waals surface area contributed by atoms with E-state index >= 15 is 0 Å². The van der Waals surface area contributed by atoms with E-state index in [1.165, 1.54) is 11.1 Å². The third-order valence-corrected chi connectivity index (χ3v) is 2.70. The Balaban J connectivity index is 2.80. The van der Waals surface area contributed by atoms with Gasteiger partial charge >= 0.3 is 0 Å². The SMILES string of the molecule is Cc1ccc(C)c(OCC(C)CO)c1C. The maximum Gasteiger partial charge on any atom is 0.125 e. The number of hydrogen-bond acceptors (Lipinski definition) is 2. The number of hydrogen-bond donors (Lipinski definition) is 1. The fourth-order valence-corrected chi connectivity index (χ4v) is 1.43. The van der Waals surface area contributed by atoms with Crippen LogP contribution in [0.1, 0.15) is 23.6 Å². The molecule has 0 saturated carbocycles. The molecule has 1 N–H and O–H groups in total. The van der Waals surface area contributed by atoms with Crippen molar-refractivity contribution in [1.82, 2.24) is 0 Å². The highest BCUT2D eigenvalue weighted by atomic mass is 16.5. The van der Waals surface area contributed by atoms with E-state index in [0.29, 0.717) is 6.61 Å². The van der Waals surface area contributed by atoms with E-state index in [2.05, 4.69) is 26.0 Å². The topological polar surface area (TPSA) is 29.5 Å². The molecule has 0 aliphatic carbocycles. The van der Waals surface area contributed by atoms with Crippen LogP contribution in [0.4, 0.5) is 0 Å². The summed E-state index contributed by atoms with van der Waals surface area (Å²) in [6, 6.07) is 4.17. The molecule has 0 aliphatic heterocycles. The van der Waals surface area contributed by atoms with Gasteiger partial charge in [-0.3, -0.25) is 0 Å². The molecule has 0 heterocycles. The summed E-state index contributed by atoms with van der Waals surface area (Å²) < 4.78 is 5.74. The Kier molecular flexibility index (Phi) is 4.15. The van der Waals surface area contributed by atoms with Gasteiger partial charge < -0.3 is 9.84 Å². The van der Waals surface area contributed by atoms with Gasteiger partial charge in [0.15, 0.2) is 0 Å². The Labute approximate surface area is 91.9 Å². The zero-order valence-electron chi connectivity index (χ0n) is 10.0. The van der Waals surface area contributed by atoms with Crippen LogP contribution in [-0.4, -0.2) is 18.3 Å². The molecule has 0 aromatic heterocycles. The van der Waals surface area contributed by atoms with Gasteiger partial charge in [0.2, 0.25) is 0 Å². The predicted molar refractivity (Wildman–Crippen MR) is 62.4 cm³/mol. The Morgan fingerprint density at radius 2 is 1.80 bits per heavy atom.